The second kappa shape index (κ2) is 5.82. The van der Waals surface area contributed by atoms with Crippen LogP contribution in [0.15, 0.2) is 6.20 Å². The summed E-state index contributed by atoms with van der Waals surface area (Å²) < 4.78 is 0. The van der Waals surface area contributed by atoms with Gasteiger partial charge in [-0.05, 0) is 56.7 Å². The molecule has 2 heterocycles. The van der Waals surface area contributed by atoms with Gasteiger partial charge in [-0.25, -0.2) is 0 Å². The van der Waals surface area contributed by atoms with Crippen LogP contribution >= 0.6 is 0 Å². The number of nitrogens with zero attached hydrogens (tertiary/aromatic N) is 2. The van der Waals surface area contributed by atoms with Crippen LogP contribution in [0.25, 0.3) is 0 Å². The number of aromatic nitrogens is 2. The first-order chi connectivity index (χ1) is 7.88. The molecule has 2 atom stereocenters. The molecule has 4 heteroatoms. The minimum atomic E-state index is 0. The number of aromatic amines is 1. The van der Waals surface area contributed by atoms with E-state index in [4.69, 9.17) is 0 Å². The molecule has 0 amide bonds. The van der Waals surface area contributed by atoms with Gasteiger partial charge in [-0.3, -0.25) is 10.00 Å². The van der Waals surface area contributed by atoms with Crippen molar-refractivity contribution in [3.8, 4) is 0 Å². The van der Waals surface area contributed by atoms with Gasteiger partial charge in [-0.2, -0.15) is 5.10 Å². The van der Waals surface area contributed by atoms with Crippen molar-refractivity contribution in [3.63, 3.8) is 0 Å². The fourth-order valence-corrected chi connectivity index (χ4v) is 3.49. The van der Waals surface area contributed by atoms with E-state index in [1.165, 1.54) is 56.5 Å². The van der Waals surface area contributed by atoms with Gasteiger partial charge in [0.15, 0.2) is 0 Å². The summed E-state index contributed by atoms with van der Waals surface area (Å²) in [5.41, 5.74) is 2.86. The van der Waals surface area contributed by atoms with Crippen LogP contribution in [0.1, 0.15) is 37.4 Å². The Morgan fingerprint density at radius 1 is 1.47 bits per heavy atom. The molecule has 3 rings (SSSR count). The van der Waals surface area contributed by atoms with Crippen molar-refractivity contribution in [1.29, 1.82) is 0 Å². The molecule has 1 aromatic rings. The summed E-state index contributed by atoms with van der Waals surface area (Å²) in [5, 5.41) is 7.36. The Hall–Kier alpha value is 0.0921. The second-order valence-corrected chi connectivity index (χ2v) is 5.29. The molecule has 1 saturated heterocycles. The molecule has 1 aliphatic heterocycles. The monoisotopic (exact) mass is 429 g/mol. The van der Waals surface area contributed by atoms with Crippen molar-refractivity contribution in [2.75, 3.05) is 13.1 Å². The Morgan fingerprint density at radius 2 is 2.35 bits per heavy atom. The molecule has 2 radical (unpaired) electrons. The molecular formula is C13H23N3Pb. The van der Waals surface area contributed by atoms with Gasteiger partial charge in [0.05, 0.1) is 6.20 Å². The van der Waals surface area contributed by atoms with Crippen LogP contribution in [0.3, 0.4) is 0 Å². The summed E-state index contributed by atoms with van der Waals surface area (Å²) in [7, 11) is 0. The standard InChI is InChI=1S/C13H21N3.Pb.2H/c1-2-5-16-6-3-4-10-7-12-11(8-13(10)16)9-14-15-12;;;/h9-10,13H,2-8H2,1H3,(H,14,15);;;/t10-,13-;;;/m1.../s1. The first-order valence-electron chi connectivity index (χ1n) is 6.63. The van der Waals surface area contributed by atoms with E-state index in [1.54, 1.807) is 0 Å². The summed E-state index contributed by atoms with van der Waals surface area (Å²) in [5.74, 6) is 0.869. The summed E-state index contributed by atoms with van der Waals surface area (Å²) >= 11 is 0. The third kappa shape index (κ3) is 2.60. The van der Waals surface area contributed by atoms with E-state index in [-0.39, 0.29) is 27.3 Å². The zero-order valence-corrected chi connectivity index (χ0v) is 16.3. The van der Waals surface area contributed by atoms with Gasteiger partial charge in [-0.1, -0.05) is 6.92 Å². The minimum absolute atomic E-state index is 0. The van der Waals surface area contributed by atoms with Gasteiger partial charge < -0.3 is 0 Å². The summed E-state index contributed by atoms with van der Waals surface area (Å²) in [6.45, 7) is 4.87. The van der Waals surface area contributed by atoms with Gasteiger partial charge >= 0.3 is 27.3 Å². The molecule has 1 fully saturated rings. The van der Waals surface area contributed by atoms with Crippen molar-refractivity contribution < 1.29 is 0 Å². The Balaban J connectivity index is 0.00000108. The Morgan fingerprint density at radius 3 is 3.18 bits per heavy atom. The van der Waals surface area contributed by atoms with Crippen LogP contribution in [-0.2, 0) is 12.8 Å². The normalized spacial score (nSPS) is 28.1. The van der Waals surface area contributed by atoms with Crippen molar-refractivity contribution in [3.05, 3.63) is 17.5 Å². The fraction of sp³-hybridized carbons (Fsp3) is 0.769. The van der Waals surface area contributed by atoms with Gasteiger partial charge in [0, 0.05) is 11.7 Å². The number of fused-ring (bicyclic) bond motifs is 2. The van der Waals surface area contributed by atoms with Gasteiger partial charge in [0.2, 0.25) is 0 Å². The average Bonchev–Trinajstić information content (AvgIpc) is 2.74. The number of nitrogens with one attached hydrogen (secondary N) is 1. The van der Waals surface area contributed by atoms with Crippen LogP contribution in [0.2, 0.25) is 0 Å². The topological polar surface area (TPSA) is 31.9 Å². The van der Waals surface area contributed by atoms with Crippen LogP contribution in [0.5, 0.6) is 0 Å². The van der Waals surface area contributed by atoms with E-state index in [9.17, 15) is 0 Å². The fourth-order valence-electron chi connectivity index (χ4n) is 3.49. The maximum absolute atomic E-state index is 4.19. The van der Waals surface area contributed by atoms with Crippen molar-refractivity contribution >= 4 is 27.3 Å². The SMILES string of the molecule is CCCN1CCC[C@@H]2Cc3[nH]ncc3C[C@H]21.[PbH2]. The van der Waals surface area contributed by atoms with Gasteiger partial charge in [0.25, 0.3) is 0 Å². The first-order valence-corrected chi connectivity index (χ1v) is 6.63. The molecule has 0 bridgehead atoms. The molecular weight excluding hydrogens is 405 g/mol. The average molecular weight is 429 g/mol. The molecule has 0 spiro atoms. The third-order valence-electron chi connectivity index (χ3n) is 4.25. The molecule has 1 aromatic heterocycles. The quantitative estimate of drug-likeness (QED) is 0.715. The molecule has 94 valence electrons. The van der Waals surface area contributed by atoms with E-state index in [0.717, 1.165) is 12.0 Å². The molecule has 1 N–H and O–H groups in total. The number of rotatable bonds is 2. The zero-order valence-electron chi connectivity index (χ0n) is 10.8. The summed E-state index contributed by atoms with van der Waals surface area (Å²) in [6, 6.07) is 0.791. The molecule has 1 aliphatic carbocycles. The number of hydrogen-bond donors (Lipinski definition) is 1. The number of piperidine rings is 1. The third-order valence-corrected chi connectivity index (χ3v) is 4.25. The molecule has 17 heavy (non-hydrogen) atoms. The first kappa shape index (κ1) is 13.5. The van der Waals surface area contributed by atoms with Gasteiger partial charge in [-0.15, -0.1) is 0 Å². The second-order valence-electron chi connectivity index (χ2n) is 5.29. The van der Waals surface area contributed by atoms with Gasteiger partial charge in [0.1, 0.15) is 0 Å². The molecule has 0 aromatic carbocycles. The van der Waals surface area contributed by atoms with Crippen molar-refractivity contribution in [2.45, 2.75) is 45.1 Å². The predicted octanol–water partition coefficient (Wildman–Crippen LogP) is 1.08. The Kier molecular flexibility index (Phi) is 4.63. The van der Waals surface area contributed by atoms with Crippen LogP contribution in [0, 0.1) is 5.92 Å². The van der Waals surface area contributed by atoms with E-state index in [1.807, 2.05) is 6.20 Å². The van der Waals surface area contributed by atoms with E-state index in [2.05, 4.69) is 22.0 Å². The zero-order chi connectivity index (χ0) is 11.0. The Labute approximate surface area is 124 Å². The Bertz CT molecular complexity index is 361. The number of hydrogen-bond acceptors (Lipinski definition) is 2. The van der Waals surface area contributed by atoms with Crippen LogP contribution in [-0.4, -0.2) is 61.5 Å². The summed E-state index contributed by atoms with van der Waals surface area (Å²) in [4.78, 5) is 2.71. The predicted molar refractivity (Wildman–Crippen MR) is 72.9 cm³/mol. The van der Waals surface area contributed by atoms with E-state index < -0.39 is 0 Å². The molecule has 3 nitrogen and oxygen atoms in total. The summed E-state index contributed by atoms with van der Waals surface area (Å²) in [6.07, 6.45) is 8.54. The molecule has 2 aliphatic rings. The van der Waals surface area contributed by atoms with Crippen molar-refractivity contribution in [2.24, 2.45) is 5.92 Å². The molecule has 0 saturated carbocycles. The van der Waals surface area contributed by atoms with Crippen LogP contribution in [0.4, 0.5) is 0 Å². The number of H-pyrrole nitrogens is 1. The molecule has 0 unspecified atom stereocenters. The maximum atomic E-state index is 4.19. The number of likely N-dealkylation sites (tertiary alicyclic amines) is 1. The van der Waals surface area contributed by atoms with Crippen LogP contribution < -0.4 is 0 Å². The van der Waals surface area contributed by atoms with E-state index in [0.29, 0.717) is 0 Å². The van der Waals surface area contributed by atoms with Crippen molar-refractivity contribution in [1.82, 2.24) is 15.1 Å². The van der Waals surface area contributed by atoms with E-state index >= 15 is 0 Å².